The summed E-state index contributed by atoms with van der Waals surface area (Å²) >= 11 is 13.1. The number of nitrogens with one attached hydrogen (secondary N) is 2. The van der Waals surface area contributed by atoms with Crippen LogP contribution in [-0.2, 0) is 9.59 Å². The minimum Gasteiger partial charge on any atom is -0.357 e. The molecule has 0 saturated heterocycles. The minimum absolute atomic E-state index is 0.0252. The highest BCUT2D eigenvalue weighted by Crippen LogP contribution is 2.49. The monoisotopic (exact) mass is 570 g/mol. The number of para-hydroxylation sites is 3. The van der Waals surface area contributed by atoms with Crippen LogP contribution in [-0.4, -0.2) is 23.2 Å². The van der Waals surface area contributed by atoms with Crippen molar-refractivity contribution in [2.24, 2.45) is 5.41 Å². The Bertz CT molecular complexity index is 1700. The Kier molecular flexibility index (Phi) is 6.77. The third-order valence-electron chi connectivity index (χ3n) is 7.45. The van der Waals surface area contributed by atoms with Gasteiger partial charge in [-0.2, -0.15) is 0 Å². The summed E-state index contributed by atoms with van der Waals surface area (Å²) in [4.78, 5) is 33.9. The summed E-state index contributed by atoms with van der Waals surface area (Å²) in [5, 5.41) is 8.43. The van der Waals surface area contributed by atoms with E-state index in [0.717, 1.165) is 28.0 Å². The van der Waals surface area contributed by atoms with Crippen molar-refractivity contribution >= 4 is 62.9 Å². The largest absolute Gasteiger partial charge is 0.357 e. The number of halogens is 2. The van der Waals surface area contributed by atoms with Crippen LogP contribution in [0.1, 0.15) is 38.3 Å². The van der Waals surface area contributed by atoms with Crippen molar-refractivity contribution < 1.29 is 9.59 Å². The highest BCUT2D eigenvalue weighted by atomic mass is 35.5. The molecular weight excluding hydrogens is 543 g/mol. The van der Waals surface area contributed by atoms with Crippen LogP contribution in [0.5, 0.6) is 0 Å². The van der Waals surface area contributed by atoms with E-state index in [0.29, 0.717) is 39.7 Å². The Labute approximate surface area is 243 Å². The van der Waals surface area contributed by atoms with Crippen LogP contribution in [0.2, 0.25) is 10.0 Å². The van der Waals surface area contributed by atoms with E-state index in [2.05, 4.69) is 29.5 Å². The van der Waals surface area contributed by atoms with Gasteiger partial charge in [-0.15, -0.1) is 0 Å². The molecule has 1 atom stereocenters. The van der Waals surface area contributed by atoms with E-state index in [1.54, 1.807) is 18.3 Å². The second-order valence-corrected chi connectivity index (χ2v) is 12.0. The van der Waals surface area contributed by atoms with E-state index in [9.17, 15) is 9.59 Å². The van der Waals surface area contributed by atoms with Gasteiger partial charge in [0.25, 0.3) is 0 Å². The number of amides is 1. The van der Waals surface area contributed by atoms with Gasteiger partial charge in [-0.05, 0) is 53.8 Å². The van der Waals surface area contributed by atoms with Crippen molar-refractivity contribution in [2.45, 2.75) is 32.7 Å². The number of allylic oxidation sites excluding steroid dienone is 1. The van der Waals surface area contributed by atoms with Gasteiger partial charge in [0, 0.05) is 33.1 Å². The molecule has 0 fully saturated rings. The van der Waals surface area contributed by atoms with Gasteiger partial charge in [-0.1, -0.05) is 73.4 Å². The third kappa shape index (κ3) is 5.05. The zero-order valence-corrected chi connectivity index (χ0v) is 23.7. The molecule has 1 aliphatic heterocycles. The molecule has 8 heteroatoms. The highest BCUT2D eigenvalue weighted by Gasteiger charge is 2.42. The number of nitrogens with zero attached hydrogens (tertiary/aromatic N) is 2. The summed E-state index contributed by atoms with van der Waals surface area (Å²) in [5.74, 6) is -0.207. The second kappa shape index (κ2) is 10.3. The number of carbonyl (C=O) groups is 2. The molecule has 40 heavy (non-hydrogen) atoms. The molecule has 1 aromatic heterocycles. The maximum absolute atomic E-state index is 13.9. The summed E-state index contributed by atoms with van der Waals surface area (Å²) in [6, 6.07) is 22.1. The van der Waals surface area contributed by atoms with E-state index < -0.39 is 6.04 Å². The number of hydrogen-bond acceptors (Lipinski definition) is 5. The van der Waals surface area contributed by atoms with Crippen LogP contribution in [0.25, 0.3) is 10.9 Å². The fourth-order valence-corrected chi connectivity index (χ4v) is 6.28. The molecule has 2 heterocycles. The highest BCUT2D eigenvalue weighted by molar-refractivity contribution is 6.35. The normalized spacial score (nSPS) is 18.1. The first kappa shape index (κ1) is 26.4. The number of rotatable bonds is 4. The lowest BCUT2D eigenvalue weighted by Crippen LogP contribution is -2.40. The van der Waals surface area contributed by atoms with E-state index in [1.807, 2.05) is 65.6 Å². The van der Waals surface area contributed by atoms with Gasteiger partial charge in [0.05, 0.1) is 41.4 Å². The number of hydrogen-bond donors (Lipinski definition) is 2. The summed E-state index contributed by atoms with van der Waals surface area (Å²) in [6.07, 6.45) is 2.74. The smallest absolute Gasteiger partial charge is 0.243 e. The van der Waals surface area contributed by atoms with Crippen LogP contribution in [0, 0.1) is 5.41 Å². The molecule has 0 spiro atoms. The number of Topliss-reactive ketones (excluding diaryl/α,β-unsaturated/α-hetero) is 1. The van der Waals surface area contributed by atoms with Gasteiger partial charge in [0.15, 0.2) is 5.78 Å². The van der Waals surface area contributed by atoms with Gasteiger partial charge in [0.1, 0.15) is 0 Å². The molecule has 1 amide bonds. The van der Waals surface area contributed by atoms with Crippen LogP contribution >= 0.6 is 23.2 Å². The van der Waals surface area contributed by atoms with Crippen LogP contribution in [0.3, 0.4) is 0 Å². The number of fused-ring (bicyclic) bond motifs is 2. The molecule has 1 aliphatic carbocycles. The number of ketones is 1. The molecule has 1 unspecified atom stereocenters. The molecule has 6 nitrogen and oxygen atoms in total. The van der Waals surface area contributed by atoms with Gasteiger partial charge in [0.2, 0.25) is 5.91 Å². The number of pyridine rings is 1. The predicted molar refractivity (Wildman–Crippen MR) is 162 cm³/mol. The molecule has 4 aromatic rings. The van der Waals surface area contributed by atoms with Crippen molar-refractivity contribution in [1.82, 2.24) is 4.98 Å². The molecule has 202 valence electrons. The SMILES string of the molecule is CC1(C)CC(=O)C2=C(C1)Nc1ccccc1N(CC(=O)Nc1cnc3ccccc3c1)C2c1ccc(Cl)cc1Cl. The standard InChI is InChI=1S/C32H28Cl2N4O2/c1-32(2)15-26-30(28(39)16-32)31(22-12-11-20(33)14-23(22)34)38(27-10-6-5-9-25(27)37-26)18-29(40)36-21-13-19-7-3-4-8-24(19)35-17-21/h3-14,17,31,37H,15-16,18H2,1-2H3,(H,36,40). The van der Waals surface area contributed by atoms with Gasteiger partial charge in [-0.3, -0.25) is 14.6 Å². The second-order valence-electron chi connectivity index (χ2n) is 11.1. The molecule has 6 rings (SSSR count). The maximum Gasteiger partial charge on any atom is 0.243 e. The van der Waals surface area contributed by atoms with Crippen LogP contribution < -0.4 is 15.5 Å². The van der Waals surface area contributed by atoms with Crippen LogP contribution in [0.15, 0.2) is 90.3 Å². The lowest BCUT2D eigenvalue weighted by Gasteiger charge is -2.38. The zero-order chi connectivity index (χ0) is 28.0. The maximum atomic E-state index is 13.9. The van der Waals surface area contributed by atoms with Gasteiger partial charge >= 0.3 is 0 Å². The van der Waals surface area contributed by atoms with E-state index in [1.165, 1.54) is 0 Å². The van der Waals surface area contributed by atoms with E-state index >= 15 is 0 Å². The summed E-state index contributed by atoms with van der Waals surface area (Å²) < 4.78 is 0. The zero-order valence-electron chi connectivity index (χ0n) is 22.2. The van der Waals surface area contributed by atoms with Gasteiger partial charge < -0.3 is 15.5 Å². The molecule has 0 radical (unpaired) electrons. The first-order valence-electron chi connectivity index (χ1n) is 13.2. The number of anilines is 3. The Hall–Kier alpha value is -3.87. The molecule has 0 bridgehead atoms. The van der Waals surface area contributed by atoms with Crippen LogP contribution in [0.4, 0.5) is 17.1 Å². The molecule has 2 N–H and O–H groups in total. The number of benzene rings is 3. The van der Waals surface area contributed by atoms with Crippen molar-refractivity contribution in [3.8, 4) is 0 Å². The minimum atomic E-state index is -0.597. The van der Waals surface area contributed by atoms with E-state index in [-0.39, 0.29) is 23.7 Å². The quantitative estimate of drug-likeness (QED) is 0.262. The lowest BCUT2D eigenvalue weighted by atomic mass is 9.73. The first-order valence-corrected chi connectivity index (χ1v) is 13.9. The topological polar surface area (TPSA) is 74.3 Å². The Morgan fingerprint density at radius 1 is 1.05 bits per heavy atom. The van der Waals surface area contributed by atoms with E-state index in [4.69, 9.17) is 23.2 Å². The van der Waals surface area contributed by atoms with Crippen molar-refractivity contribution in [3.63, 3.8) is 0 Å². The molecule has 2 aliphatic rings. The van der Waals surface area contributed by atoms with Crippen molar-refractivity contribution in [1.29, 1.82) is 0 Å². The summed E-state index contributed by atoms with van der Waals surface area (Å²) in [5.41, 5.74) is 5.06. The number of carbonyl (C=O) groups excluding carboxylic acids is 2. The fourth-order valence-electron chi connectivity index (χ4n) is 5.77. The molecular formula is C32H28Cl2N4O2. The van der Waals surface area contributed by atoms with Crippen molar-refractivity contribution in [2.75, 3.05) is 22.1 Å². The third-order valence-corrected chi connectivity index (χ3v) is 8.01. The lowest BCUT2D eigenvalue weighted by molar-refractivity contribution is -0.119. The average molecular weight is 572 g/mol. The summed E-state index contributed by atoms with van der Waals surface area (Å²) in [7, 11) is 0. The molecule has 0 saturated carbocycles. The fraction of sp³-hybridized carbons (Fsp3) is 0.219. The van der Waals surface area contributed by atoms with Crippen molar-refractivity contribution in [3.05, 3.63) is 106 Å². The average Bonchev–Trinajstić information content (AvgIpc) is 3.02. The van der Waals surface area contributed by atoms with Gasteiger partial charge in [-0.25, -0.2) is 0 Å². The number of aromatic nitrogens is 1. The summed E-state index contributed by atoms with van der Waals surface area (Å²) in [6.45, 7) is 4.17. The predicted octanol–water partition coefficient (Wildman–Crippen LogP) is 7.80. The first-order chi connectivity index (χ1) is 19.2. The Morgan fingerprint density at radius 3 is 2.65 bits per heavy atom. The Balaban J connectivity index is 1.46. The Morgan fingerprint density at radius 2 is 1.82 bits per heavy atom. The molecule has 3 aromatic carbocycles.